The van der Waals surface area contributed by atoms with Crippen LogP contribution in [0.4, 0.5) is 4.79 Å². The van der Waals surface area contributed by atoms with E-state index in [9.17, 15) is 9.59 Å². The van der Waals surface area contributed by atoms with Gasteiger partial charge in [0.1, 0.15) is 25.2 Å². The molecule has 28 heavy (non-hydrogen) atoms. The molecule has 0 atom stereocenters. The molecule has 0 saturated heterocycles. The molecule has 2 aromatic rings. The molecule has 7 heteroatoms. The molecule has 150 valence electrons. The van der Waals surface area contributed by atoms with Gasteiger partial charge in [-0.2, -0.15) is 0 Å². The van der Waals surface area contributed by atoms with Crippen molar-refractivity contribution in [1.29, 1.82) is 0 Å². The average molecular weight is 387 g/mol. The first-order chi connectivity index (χ1) is 13.8. The van der Waals surface area contributed by atoms with Gasteiger partial charge in [0, 0.05) is 12.1 Å². The highest BCUT2D eigenvalue weighted by Crippen LogP contribution is 2.10. The molecule has 2 rings (SSSR count). The van der Waals surface area contributed by atoms with Gasteiger partial charge in [-0.1, -0.05) is 30.3 Å². The van der Waals surface area contributed by atoms with Crippen LogP contribution < -0.4 is 10.1 Å². The lowest BCUT2D eigenvalue weighted by Crippen LogP contribution is -2.28. The van der Waals surface area contributed by atoms with Crippen molar-refractivity contribution in [3.05, 3.63) is 65.7 Å². The van der Waals surface area contributed by atoms with Crippen molar-refractivity contribution in [2.45, 2.75) is 6.61 Å². The number of rotatable bonds is 13. The van der Waals surface area contributed by atoms with Crippen LogP contribution in [-0.2, 0) is 20.8 Å². The number of ether oxygens (including phenoxy) is 4. The summed E-state index contributed by atoms with van der Waals surface area (Å²) in [6, 6.07) is 16.4. The molecule has 0 fully saturated rings. The first kappa shape index (κ1) is 21.4. The van der Waals surface area contributed by atoms with E-state index in [1.165, 1.54) is 0 Å². The van der Waals surface area contributed by atoms with Crippen molar-refractivity contribution >= 4 is 12.4 Å². The van der Waals surface area contributed by atoms with Gasteiger partial charge in [-0.05, 0) is 29.8 Å². The van der Waals surface area contributed by atoms with Crippen molar-refractivity contribution < 1.29 is 28.5 Å². The molecule has 0 unspecified atom stereocenters. The lowest BCUT2D eigenvalue weighted by atomic mass is 10.2. The van der Waals surface area contributed by atoms with Crippen LogP contribution in [0.1, 0.15) is 15.9 Å². The highest BCUT2D eigenvalue weighted by Gasteiger charge is 2.01. The smallest absolute Gasteiger partial charge is 0.407 e. The van der Waals surface area contributed by atoms with Crippen molar-refractivity contribution in [1.82, 2.24) is 5.32 Å². The van der Waals surface area contributed by atoms with E-state index < -0.39 is 6.09 Å². The lowest BCUT2D eigenvalue weighted by molar-refractivity contribution is 0.0369. The van der Waals surface area contributed by atoms with E-state index in [1.54, 1.807) is 24.3 Å². The molecule has 2 aromatic carbocycles. The van der Waals surface area contributed by atoms with E-state index in [-0.39, 0.29) is 6.61 Å². The van der Waals surface area contributed by atoms with Gasteiger partial charge in [0.2, 0.25) is 0 Å². The fourth-order valence-electron chi connectivity index (χ4n) is 2.18. The second-order valence-corrected chi connectivity index (χ2v) is 5.75. The van der Waals surface area contributed by atoms with Gasteiger partial charge in [0.25, 0.3) is 0 Å². The maximum Gasteiger partial charge on any atom is 0.407 e. The Morgan fingerprint density at radius 2 is 1.54 bits per heavy atom. The lowest BCUT2D eigenvalue weighted by Gasteiger charge is -2.09. The fraction of sp³-hybridized carbons (Fsp3) is 0.333. The van der Waals surface area contributed by atoms with E-state index in [0.717, 1.165) is 11.8 Å². The first-order valence-electron chi connectivity index (χ1n) is 9.06. The largest absolute Gasteiger partial charge is 0.491 e. The SMILES string of the molecule is O=Cc1ccc(OCCOCCOCCNC(=O)OCc2ccccc2)cc1. The van der Waals surface area contributed by atoms with Gasteiger partial charge in [-0.15, -0.1) is 0 Å². The normalized spacial score (nSPS) is 10.3. The van der Waals surface area contributed by atoms with Crippen LogP contribution in [0, 0.1) is 0 Å². The maximum atomic E-state index is 11.5. The number of carbonyl (C=O) groups is 2. The summed E-state index contributed by atoms with van der Waals surface area (Å²) in [5.74, 6) is 0.690. The number of hydrogen-bond donors (Lipinski definition) is 1. The average Bonchev–Trinajstić information content (AvgIpc) is 2.74. The van der Waals surface area contributed by atoms with Crippen LogP contribution in [0.2, 0.25) is 0 Å². The third kappa shape index (κ3) is 9.16. The predicted octanol–water partition coefficient (Wildman–Crippen LogP) is 2.84. The number of aldehydes is 1. The first-order valence-corrected chi connectivity index (χ1v) is 9.06. The fourth-order valence-corrected chi connectivity index (χ4v) is 2.18. The summed E-state index contributed by atoms with van der Waals surface area (Å²) < 4.78 is 21.3. The minimum atomic E-state index is -0.470. The van der Waals surface area contributed by atoms with Crippen LogP contribution in [0.5, 0.6) is 5.75 Å². The molecular weight excluding hydrogens is 362 g/mol. The summed E-state index contributed by atoms with van der Waals surface area (Å²) >= 11 is 0. The number of hydrogen-bond acceptors (Lipinski definition) is 6. The summed E-state index contributed by atoms with van der Waals surface area (Å²) in [6.07, 6.45) is 0.317. The van der Waals surface area contributed by atoms with Crippen LogP contribution in [0.25, 0.3) is 0 Å². The van der Waals surface area contributed by atoms with Crippen LogP contribution >= 0.6 is 0 Å². The third-order valence-corrected chi connectivity index (χ3v) is 3.61. The molecule has 0 aromatic heterocycles. The molecule has 0 heterocycles. The zero-order chi connectivity index (χ0) is 19.9. The number of amides is 1. The van der Waals surface area contributed by atoms with Crippen LogP contribution in [0.3, 0.4) is 0 Å². The molecule has 0 spiro atoms. The van der Waals surface area contributed by atoms with Crippen molar-refractivity contribution in [2.24, 2.45) is 0 Å². The van der Waals surface area contributed by atoms with Gasteiger partial charge < -0.3 is 24.3 Å². The molecule has 0 saturated carbocycles. The second kappa shape index (κ2) is 13.3. The van der Waals surface area contributed by atoms with Crippen LogP contribution in [-0.4, -0.2) is 52.0 Å². The monoisotopic (exact) mass is 387 g/mol. The zero-order valence-electron chi connectivity index (χ0n) is 15.7. The maximum absolute atomic E-state index is 11.5. The molecule has 1 N–H and O–H groups in total. The summed E-state index contributed by atoms with van der Waals surface area (Å²) in [4.78, 5) is 22.1. The van der Waals surface area contributed by atoms with Gasteiger partial charge in [0.05, 0.1) is 26.4 Å². The number of carbonyl (C=O) groups excluding carboxylic acids is 2. The highest BCUT2D eigenvalue weighted by molar-refractivity contribution is 5.74. The minimum absolute atomic E-state index is 0.241. The van der Waals surface area contributed by atoms with E-state index >= 15 is 0 Å². The van der Waals surface area contributed by atoms with E-state index in [2.05, 4.69) is 5.32 Å². The summed E-state index contributed by atoms with van der Waals surface area (Å²) in [5.41, 5.74) is 1.55. The Hall–Kier alpha value is -2.90. The number of benzene rings is 2. The molecule has 0 aliphatic heterocycles. The van der Waals surface area contributed by atoms with Crippen molar-refractivity contribution in [3.63, 3.8) is 0 Å². The van der Waals surface area contributed by atoms with E-state index in [0.29, 0.717) is 50.9 Å². The van der Waals surface area contributed by atoms with Gasteiger partial charge in [0.15, 0.2) is 0 Å². The molecule has 0 aliphatic carbocycles. The summed E-state index contributed by atoms with van der Waals surface area (Å²) in [6.45, 7) is 2.69. The minimum Gasteiger partial charge on any atom is -0.491 e. The van der Waals surface area contributed by atoms with Gasteiger partial charge >= 0.3 is 6.09 Å². The Labute approximate surface area is 164 Å². The topological polar surface area (TPSA) is 83.1 Å². The Kier molecular flexibility index (Phi) is 10.2. The predicted molar refractivity (Wildman–Crippen MR) is 104 cm³/mol. The second-order valence-electron chi connectivity index (χ2n) is 5.75. The van der Waals surface area contributed by atoms with Crippen LogP contribution in [0.15, 0.2) is 54.6 Å². The Bertz CT molecular complexity index is 690. The Morgan fingerprint density at radius 3 is 2.25 bits per heavy atom. The molecular formula is C21H25NO6. The number of alkyl carbamates (subject to hydrolysis) is 1. The Balaban J connectivity index is 1.38. The van der Waals surface area contributed by atoms with E-state index in [1.807, 2.05) is 30.3 Å². The molecule has 0 bridgehead atoms. The quantitative estimate of drug-likeness (QED) is 0.420. The third-order valence-electron chi connectivity index (χ3n) is 3.61. The highest BCUT2D eigenvalue weighted by atomic mass is 16.6. The zero-order valence-corrected chi connectivity index (χ0v) is 15.7. The van der Waals surface area contributed by atoms with Crippen molar-refractivity contribution in [2.75, 3.05) is 39.6 Å². The standard InChI is InChI=1S/C21H25NO6/c23-16-18-6-8-20(9-7-18)27-15-14-26-13-12-25-11-10-22-21(24)28-17-19-4-2-1-3-5-19/h1-9,16H,10-15,17H2,(H,22,24). The molecule has 0 aliphatic rings. The number of nitrogens with one attached hydrogen (secondary N) is 1. The van der Waals surface area contributed by atoms with Gasteiger partial charge in [-0.3, -0.25) is 4.79 Å². The van der Waals surface area contributed by atoms with E-state index in [4.69, 9.17) is 18.9 Å². The molecule has 1 amide bonds. The molecule has 7 nitrogen and oxygen atoms in total. The Morgan fingerprint density at radius 1 is 0.857 bits per heavy atom. The molecule has 0 radical (unpaired) electrons. The van der Waals surface area contributed by atoms with Crippen molar-refractivity contribution in [3.8, 4) is 5.75 Å². The summed E-state index contributed by atoms with van der Waals surface area (Å²) in [7, 11) is 0. The summed E-state index contributed by atoms with van der Waals surface area (Å²) in [5, 5.41) is 2.62. The van der Waals surface area contributed by atoms with Gasteiger partial charge in [-0.25, -0.2) is 4.79 Å².